The summed E-state index contributed by atoms with van der Waals surface area (Å²) in [4.78, 5) is 9.58. The van der Waals surface area contributed by atoms with E-state index in [1.165, 1.54) is 11.1 Å². The Labute approximate surface area is 162 Å². The highest BCUT2D eigenvalue weighted by Crippen LogP contribution is 2.10. The first kappa shape index (κ1) is 19.5. The summed E-state index contributed by atoms with van der Waals surface area (Å²) in [5, 5.41) is 6.57. The molecule has 1 saturated heterocycles. The minimum atomic E-state index is 0.628. The van der Waals surface area contributed by atoms with Gasteiger partial charge in [-0.25, -0.2) is 4.99 Å². The molecule has 0 spiro atoms. The summed E-state index contributed by atoms with van der Waals surface area (Å²) in [7, 11) is 2.19. The number of benzene rings is 1. The molecule has 1 aromatic heterocycles. The number of rotatable bonds is 7. The second kappa shape index (κ2) is 10.1. The minimum Gasteiger partial charge on any atom is -0.467 e. The molecule has 6 nitrogen and oxygen atoms in total. The van der Waals surface area contributed by atoms with Crippen LogP contribution in [0.2, 0.25) is 0 Å². The molecule has 146 valence electrons. The first-order valence-electron chi connectivity index (χ1n) is 9.76. The predicted octanol–water partition coefficient (Wildman–Crippen LogP) is 2.28. The van der Waals surface area contributed by atoms with Gasteiger partial charge in [0.05, 0.1) is 19.4 Å². The van der Waals surface area contributed by atoms with Gasteiger partial charge in [0.1, 0.15) is 5.76 Å². The zero-order chi connectivity index (χ0) is 18.9. The van der Waals surface area contributed by atoms with Gasteiger partial charge in [0.15, 0.2) is 5.96 Å². The number of aliphatic imine (C=N–C) groups is 1. The van der Waals surface area contributed by atoms with Crippen molar-refractivity contribution in [2.24, 2.45) is 4.99 Å². The van der Waals surface area contributed by atoms with Crippen LogP contribution in [0.5, 0.6) is 0 Å². The number of piperazine rings is 1. The lowest BCUT2D eigenvalue weighted by Crippen LogP contribution is -2.43. The Hall–Kier alpha value is -2.31. The fraction of sp³-hybridized carbons (Fsp3) is 0.476. The van der Waals surface area contributed by atoms with Crippen molar-refractivity contribution in [2.45, 2.75) is 26.6 Å². The van der Waals surface area contributed by atoms with Crippen molar-refractivity contribution >= 4 is 5.96 Å². The topological polar surface area (TPSA) is 56.0 Å². The number of guanidine groups is 1. The maximum atomic E-state index is 5.35. The number of nitrogens with zero attached hydrogens (tertiary/aromatic N) is 3. The number of likely N-dealkylation sites (N-methyl/N-ethyl adjacent to an activating group) is 1. The second-order valence-corrected chi connectivity index (χ2v) is 7.02. The van der Waals surface area contributed by atoms with Crippen molar-refractivity contribution in [3.8, 4) is 0 Å². The van der Waals surface area contributed by atoms with Crippen molar-refractivity contribution in [1.29, 1.82) is 0 Å². The Balaban J connectivity index is 1.50. The third kappa shape index (κ3) is 6.41. The number of nitrogens with one attached hydrogen (secondary N) is 2. The van der Waals surface area contributed by atoms with Crippen LogP contribution in [0.25, 0.3) is 0 Å². The van der Waals surface area contributed by atoms with E-state index in [1.807, 2.05) is 12.1 Å². The first-order chi connectivity index (χ1) is 13.2. The molecule has 27 heavy (non-hydrogen) atoms. The van der Waals surface area contributed by atoms with E-state index in [0.717, 1.165) is 51.0 Å². The van der Waals surface area contributed by atoms with Crippen LogP contribution >= 0.6 is 0 Å². The summed E-state index contributed by atoms with van der Waals surface area (Å²) < 4.78 is 5.35. The molecule has 2 N–H and O–H groups in total. The van der Waals surface area contributed by atoms with E-state index in [0.29, 0.717) is 13.1 Å². The lowest BCUT2D eigenvalue weighted by atomic mass is 10.1. The summed E-state index contributed by atoms with van der Waals surface area (Å²) in [5.41, 5.74) is 2.59. The fourth-order valence-corrected chi connectivity index (χ4v) is 3.11. The molecule has 3 rings (SSSR count). The Kier molecular flexibility index (Phi) is 7.30. The quantitative estimate of drug-likeness (QED) is 0.579. The number of hydrogen-bond acceptors (Lipinski definition) is 4. The van der Waals surface area contributed by atoms with Gasteiger partial charge in [0.25, 0.3) is 0 Å². The molecule has 0 bridgehead atoms. The van der Waals surface area contributed by atoms with Gasteiger partial charge in [-0.2, -0.15) is 0 Å². The van der Waals surface area contributed by atoms with E-state index < -0.39 is 0 Å². The third-order valence-electron chi connectivity index (χ3n) is 4.80. The van der Waals surface area contributed by atoms with Crippen LogP contribution in [-0.4, -0.2) is 55.5 Å². The Morgan fingerprint density at radius 1 is 1.04 bits per heavy atom. The van der Waals surface area contributed by atoms with Gasteiger partial charge in [0, 0.05) is 39.3 Å². The highest BCUT2D eigenvalue weighted by atomic mass is 16.3. The van der Waals surface area contributed by atoms with E-state index in [4.69, 9.17) is 4.42 Å². The van der Waals surface area contributed by atoms with Crippen LogP contribution in [-0.2, 0) is 19.6 Å². The van der Waals surface area contributed by atoms with Crippen molar-refractivity contribution in [3.63, 3.8) is 0 Å². The fourth-order valence-electron chi connectivity index (χ4n) is 3.11. The molecule has 1 aromatic carbocycles. The van der Waals surface area contributed by atoms with Crippen LogP contribution in [0.3, 0.4) is 0 Å². The van der Waals surface area contributed by atoms with Gasteiger partial charge in [0.2, 0.25) is 0 Å². The van der Waals surface area contributed by atoms with Crippen LogP contribution < -0.4 is 10.6 Å². The molecule has 2 heterocycles. The van der Waals surface area contributed by atoms with Gasteiger partial charge in [-0.05, 0) is 37.2 Å². The van der Waals surface area contributed by atoms with Crippen molar-refractivity contribution in [1.82, 2.24) is 20.4 Å². The van der Waals surface area contributed by atoms with Gasteiger partial charge < -0.3 is 20.0 Å². The van der Waals surface area contributed by atoms with E-state index in [2.05, 4.69) is 63.7 Å². The van der Waals surface area contributed by atoms with E-state index in [1.54, 1.807) is 6.26 Å². The summed E-state index contributed by atoms with van der Waals surface area (Å²) in [6, 6.07) is 12.7. The number of furan rings is 1. The average molecular weight is 370 g/mol. The van der Waals surface area contributed by atoms with Crippen molar-refractivity contribution in [2.75, 3.05) is 39.8 Å². The number of hydrogen-bond donors (Lipinski definition) is 2. The highest BCUT2D eigenvalue weighted by molar-refractivity contribution is 5.79. The lowest BCUT2D eigenvalue weighted by Gasteiger charge is -2.32. The third-order valence-corrected chi connectivity index (χ3v) is 4.80. The van der Waals surface area contributed by atoms with E-state index in [9.17, 15) is 0 Å². The van der Waals surface area contributed by atoms with Crippen LogP contribution in [0.4, 0.5) is 0 Å². The molecule has 1 aliphatic heterocycles. The predicted molar refractivity (Wildman–Crippen MR) is 110 cm³/mol. The molecule has 2 aromatic rings. The normalized spacial score (nSPS) is 16.4. The van der Waals surface area contributed by atoms with Crippen LogP contribution in [0, 0.1) is 0 Å². The monoisotopic (exact) mass is 369 g/mol. The molecule has 0 saturated carbocycles. The lowest BCUT2D eigenvalue weighted by molar-refractivity contribution is 0.148. The molecule has 0 radical (unpaired) electrons. The van der Waals surface area contributed by atoms with Crippen LogP contribution in [0.1, 0.15) is 23.8 Å². The molecule has 0 aliphatic carbocycles. The molecule has 1 aliphatic rings. The van der Waals surface area contributed by atoms with Crippen LogP contribution in [0.15, 0.2) is 52.1 Å². The maximum Gasteiger partial charge on any atom is 0.191 e. The molecule has 0 amide bonds. The van der Waals surface area contributed by atoms with Crippen molar-refractivity contribution in [3.05, 3.63) is 59.5 Å². The van der Waals surface area contributed by atoms with Crippen molar-refractivity contribution < 1.29 is 4.42 Å². The zero-order valence-electron chi connectivity index (χ0n) is 16.4. The zero-order valence-corrected chi connectivity index (χ0v) is 16.4. The highest BCUT2D eigenvalue weighted by Gasteiger charge is 2.13. The van der Waals surface area contributed by atoms with E-state index in [-0.39, 0.29) is 0 Å². The Bertz CT molecular complexity index is 688. The Morgan fingerprint density at radius 3 is 2.44 bits per heavy atom. The van der Waals surface area contributed by atoms with Gasteiger partial charge in [-0.1, -0.05) is 24.3 Å². The molecule has 6 heteroatoms. The minimum absolute atomic E-state index is 0.628. The summed E-state index contributed by atoms with van der Waals surface area (Å²) in [6.45, 7) is 9.82. The summed E-state index contributed by atoms with van der Waals surface area (Å²) >= 11 is 0. The molecular formula is C21H31N5O. The summed E-state index contributed by atoms with van der Waals surface area (Å²) in [5.74, 6) is 1.70. The average Bonchev–Trinajstić information content (AvgIpc) is 3.21. The standard InChI is InChI=1S/C21H31N5O/c1-3-22-21(24-16-20-5-4-14-27-20)23-15-18-6-8-19(9-7-18)17-26-12-10-25(2)11-13-26/h4-9,14H,3,10-13,15-17H2,1-2H3,(H2,22,23,24). The first-order valence-corrected chi connectivity index (χ1v) is 9.76. The van der Waals surface area contributed by atoms with Gasteiger partial charge in [-0.15, -0.1) is 0 Å². The van der Waals surface area contributed by atoms with Gasteiger partial charge >= 0.3 is 0 Å². The largest absolute Gasteiger partial charge is 0.467 e. The Morgan fingerprint density at radius 2 is 1.78 bits per heavy atom. The molecular weight excluding hydrogens is 338 g/mol. The maximum absolute atomic E-state index is 5.35. The molecule has 1 fully saturated rings. The summed E-state index contributed by atoms with van der Waals surface area (Å²) in [6.07, 6.45) is 1.69. The van der Waals surface area contributed by atoms with E-state index >= 15 is 0 Å². The van der Waals surface area contributed by atoms with Gasteiger partial charge in [-0.3, -0.25) is 4.90 Å². The SMILES string of the molecule is CCNC(=NCc1ccc(CN2CCN(C)CC2)cc1)NCc1ccco1. The molecule has 0 unspecified atom stereocenters. The molecule has 0 atom stereocenters. The smallest absolute Gasteiger partial charge is 0.191 e. The second-order valence-electron chi connectivity index (χ2n) is 7.02.